The molecule has 2 unspecified atom stereocenters. The second-order valence-corrected chi connectivity index (χ2v) is 3.97. The fourth-order valence-corrected chi connectivity index (χ4v) is 1.84. The highest BCUT2D eigenvalue weighted by molar-refractivity contribution is 5.88. The SMILES string of the molecule is CCCNC(=O)CN1C(=O)NC2NC(=O)NC21. The number of nitrogens with zero attached hydrogens (tertiary/aromatic N) is 1. The largest absolute Gasteiger partial charge is 0.355 e. The van der Waals surface area contributed by atoms with Crippen molar-refractivity contribution in [2.45, 2.75) is 25.7 Å². The normalized spacial score (nSPS) is 26.1. The van der Waals surface area contributed by atoms with Gasteiger partial charge in [0.1, 0.15) is 18.9 Å². The van der Waals surface area contributed by atoms with Crippen molar-refractivity contribution < 1.29 is 14.4 Å². The van der Waals surface area contributed by atoms with Gasteiger partial charge in [0.05, 0.1) is 0 Å². The van der Waals surface area contributed by atoms with Crippen LogP contribution in [0.5, 0.6) is 0 Å². The average molecular weight is 241 g/mol. The maximum atomic E-state index is 11.5. The highest BCUT2D eigenvalue weighted by Gasteiger charge is 2.45. The molecule has 0 aromatic rings. The first-order chi connectivity index (χ1) is 8.11. The minimum absolute atomic E-state index is 0.0606. The van der Waals surface area contributed by atoms with Crippen LogP contribution < -0.4 is 21.3 Å². The summed E-state index contributed by atoms with van der Waals surface area (Å²) in [5.41, 5.74) is 0. The molecule has 2 rings (SSSR count). The van der Waals surface area contributed by atoms with E-state index in [2.05, 4.69) is 21.3 Å². The van der Waals surface area contributed by atoms with Gasteiger partial charge in [-0.05, 0) is 6.42 Å². The Morgan fingerprint density at radius 2 is 2.12 bits per heavy atom. The molecule has 0 aromatic carbocycles. The fourth-order valence-electron chi connectivity index (χ4n) is 1.84. The first-order valence-electron chi connectivity index (χ1n) is 5.52. The van der Waals surface area contributed by atoms with Crippen molar-refractivity contribution in [2.24, 2.45) is 0 Å². The van der Waals surface area contributed by atoms with Gasteiger partial charge in [-0.15, -0.1) is 0 Å². The molecule has 0 aromatic heterocycles. The van der Waals surface area contributed by atoms with Crippen molar-refractivity contribution in [3.05, 3.63) is 0 Å². The Hall–Kier alpha value is -1.99. The number of nitrogens with one attached hydrogen (secondary N) is 4. The van der Waals surface area contributed by atoms with E-state index in [0.29, 0.717) is 6.54 Å². The molecule has 0 bridgehead atoms. The number of rotatable bonds is 4. The Kier molecular flexibility index (Phi) is 3.03. The Morgan fingerprint density at radius 3 is 2.82 bits per heavy atom. The number of carbonyl (C=O) groups is 3. The molecule has 2 aliphatic rings. The topological polar surface area (TPSA) is 103 Å². The Bertz CT molecular complexity index is 359. The lowest BCUT2D eigenvalue weighted by molar-refractivity contribution is -0.121. The minimum Gasteiger partial charge on any atom is -0.355 e. The summed E-state index contributed by atoms with van der Waals surface area (Å²) in [5.74, 6) is -0.233. The molecule has 2 fully saturated rings. The third-order valence-electron chi connectivity index (χ3n) is 2.64. The van der Waals surface area contributed by atoms with Crippen LogP contribution in [0.4, 0.5) is 9.59 Å². The van der Waals surface area contributed by atoms with E-state index in [1.807, 2.05) is 6.92 Å². The van der Waals surface area contributed by atoms with E-state index in [1.54, 1.807) is 0 Å². The Labute approximate surface area is 98.1 Å². The summed E-state index contributed by atoms with van der Waals surface area (Å²) in [4.78, 5) is 35.4. The predicted molar refractivity (Wildman–Crippen MR) is 57.8 cm³/mol. The van der Waals surface area contributed by atoms with E-state index in [9.17, 15) is 14.4 Å². The molecule has 0 radical (unpaired) electrons. The lowest BCUT2D eigenvalue weighted by atomic mass is 10.4. The van der Waals surface area contributed by atoms with Crippen molar-refractivity contribution in [3.8, 4) is 0 Å². The number of fused-ring (bicyclic) bond motifs is 1. The number of amides is 5. The molecule has 0 aliphatic carbocycles. The van der Waals surface area contributed by atoms with Gasteiger partial charge in [0.15, 0.2) is 0 Å². The number of carbonyl (C=O) groups excluding carboxylic acids is 3. The molecule has 2 heterocycles. The van der Waals surface area contributed by atoms with Crippen molar-refractivity contribution in [1.29, 1.82) is 0 Å². The summed E-state index contributed by atoms with van der Waals surface area (Å²) in [5, 5.41) is 10.4. The van der Waals surface area contributed by atoms with Crippen molar-refractivity contribution in [1.82, 2.24) is 26.2 Å². The van der Waals surface area contributed by atoms with E-state index >= 15 is 0 Å². The van der Waals surface area contributed by atoms with E-state index in [1.165, 1.54) is 4.90 Å². The van der Waals surface area contributed by atoms with E-state index in [-0.39, 0.29) is 24.5 Å². The van der Waals surface area contributed by atoms with E-state index < -0.39 is 12.3 Å². The van der Waals surface area contributed by atoms with Crippen LogP contribution in [0.25, 0.3) is 0 Å². The molecule has 0 spiro atoms. The summed E-state index contributed by atoms with van der Waals surface area (Å²) < 4.78 is 0. The monoisotopic (exact) mass is 241 g/mol. The molecular weight excluding hydrogens is 226 g/mol. The van der Waals surface area contributed by atoms with Crippen LogP contribution in [0.3, 0.4) is 0 Å². The van der Waals surface area contributed by atoms with Crippen molar-refractivity contribution in [2.75, 3.05) is 13.1 Å². The van der Waals surface area contributed by atoms with Gasteiger partial charge in [0.25, 0.3) is 0 Å². The number of hydrogen-bond acceptors (Lipinski definition) is 3. The van der Waals surface area contributed by atoms with Crippen LogP contribution in [-0.2, 0) is 4.79 Å². The zero-order valence-electron chi connectivity index (χ0n) is 9.45. The van der Waals surface area contributed by atoms with E-state index in [0.717, 1.165) is 6.42 Å². The van der Waals surface area contributed by atoms with Crippen LogP contribution in [0.2, 0.25) is 0 Å². The maximum absolute atomic E-state index is 11.5. The summed E-state index contributed by atoms with van der Waals surface area (Å²) in [6.07, 6.45) is -0.126. The summed E-state index contributed by atoms with van der Waals surface area (Å²) in [6.45, 7) is 2.46. The molecule has 8 heteroatoms. The van der Waals surface area contributed by atoms with Crippen molar-refractivity contribution >= 4 is 18.0 Å². The number of urea groups is 2. The second-order valence-electron chi connectivity index (χ2n) is 3.97. The zero-order valence-corrected chi connectivity index (χ0v) is 9.45. The van der Waals surface area contributed by atoms with Crippen molar-refractivity contribution in [3.63, 3.8) is 0 Å². The van der Waals surface area contributed by atoms with Gasteiger partial charge in [-0.3, -0.25) is 9.69 Å². The van der Waals surface area contributed by atoms with Gasteiger partial charge in [-0.25, -0.2) is 9.59 Å². The highest BCUT2D eigenvalue weighted by atomic mass is 16.2. The standard InChI is InChI=1S/C9H15N5O3/c1-2-3-10-5(15)4-14-7-6(12-9(14)17)11-8(16)13-7/h6-7H,2-4H2,1H3,(H,10,15)(H,12,17)(H2,11,13,16). The first-order valence-corrected chi connectivity index (χ1v) is 5.52. The quantitative estimate of drug-likeness (QED) is 0.482. The van der Waals surface area contributed by atoms with Gasteiger partial charge in [0, 0.05) is 6.54 Å². The summed E-state index contributed by atoms with van der Waals surface area (Å²) >= 11 is 0. The molecule has 2 atom stereocenters. The van der Waals surface area contributed by atoms with Crippen LogP contribution in [0.15, 0.2) is 0 Å². The highest BCUT2D eigenvalue weighted by Crippen LogP contribution is 2.12. The molecule has 2 aliphatic heterocycles. The Balaban J connectivity index is 1.93. The molecule has 17 heavy (non-hydrogen) atoms. The van der Waals surface area contributed by atoms with Gasteiger partial charge >= 0.3 is 12.1 Å². The Morgan fingerprint density at radius 1 is 1.35 bits per heavy atom. The van der Waals surface area contributed by atoms with Crippen LogP contribution in [0, 0.1) is 0 Å². The van der Waals surface area contributed by atoms with Crippen LogP contribution in [0.1, 0.15) is 13.3 Å². The van der Waals surface area contributed by atoms with Crippen LogP contribution in [-0.4, -0.2) is 48.3 Å². The maximum Gasteiger partial charge on any atom is 0.321 e. The molecule has 5 amide bonds. The molecule has 2 saturated heterocycles. The third kappa shape index (κ3) is 2.24. The smallest absolute Gasteiger partial charge is 0.321 e. The average Bonchev–Trinajstić information content (AvgIpc) is 2.74. The molecule has 0 saturated carbocycles. The first kappa shape index (κ1) is 11.5. The second kappa shape index (κ2) is 4.48. The fraction of sp³-hybridized carbons (Fsp3) is 0.667. The van der Waals surface area contributed by atoms with Gasteiger partial charge in [-0.1, -0.05) is 6.92 Å². The number of hydrogen-bond donors (Lipinski definition) is 4. The molecule has 8 nitrogen and oxygen atoms in total. The summed E-state index contributed by atoms with van der Waals surface area (Å²) in [6, 6.07) is -0.710. The minimum atomic E-state index is -0.498. The molecule has 94 valence electrons. The van der Waals surface area contributed by atoms with Gasteiger partial charge in [0.2, 0.25) is 5.91 Å². The van der Waals surface area contributed by atoms with Crippen LogP contribution >= 0.6 is 0 Å². The van der Waals surface area contributed by atoms with E-state index in [4.69, 9.17) is 0 Å². The predicted octanol–water partition coefficient (Wildman–Crippen LogP) is -1.50. The lowest BCUT2D eigenvalue weighted by Gasteiger charge is -2.20. The summed E-state index contributed by atoms with van der Waals surface area (Å²) in [7, 11) is 0. The molecular formula is C9H15N5O3. The zero-order chi connectivity index (χ0) is 12.4. The van der Waals surface area contributed by atoms with Gasteiger partial charge in [-0.2, -0.15) is 0 Å². The van der Waals surface area contributed by atoms with Gasteiger partial charge < -0.3 is 21.3 Å². The molecule has 4 N–H and O–H groups in total. The lowest BCUT2D eigenvalue weighted by Crippen LogP contribution is -2.48. The third-order valence-corrected chi connectivity index (χ3v) is 2.64.